The van der Waals surface area contributed by atoms with Crippen molar-refractivity contribution in [3.63, 3.8) is 0 Å². The van der Waals surface area contributed by atoms with E-state index in [1.807, 2.05) is 0 Å². The largest absolute Gasteiger partial charge is 0.240 e. The summed E-state index contributed by atoms with van der Waals surface area (Å²) in [5.41, 5.74) is 0.405. The van der Waals surface area contributed by atoms with Gasteiger partial charge in [-0.3, -0.25) is 0 Å². The van der Waals surface area contributed by atoms with Crippen molar-refractivity contribution in [1.82, 2.24) is 4.72 Å². The molecule has 108 valence electrons. The second-order valence-electron chi connectivity index (χ2n) is 4.99. The fraction of sp³-hybridized carbons (Fsp3) is 0.538. The van der Waals surface area contributed by atoms with E-state index in [1.54, 1.807) is 6.92 Å². The molecule has 6 heteroatoms. The molecule has 0 aliphatic rings. The van der Waals surface area contributed by atoms with Gasteiger partial charge in [0.2, 0.25) is 10.0 Å². The Balaban J connectivity index is 2.76. The van der Waals surface area contributed by atoms with E-state index in [1.165, 1.54) is 12.1 Å². The first kappa shape index (κ1) is 16.6. The van der Waals surface area contributed by atoms with Gasteiger partial charge in [-0.15, -0.1) is 0 Å². The molecule has 0 spiro atoms. The van der Waals surface area contributed by atoms with Crippen molar-refractivity contribution in [2.75, 3.05) is 6.54 Å². The highest BCUT2D eigenvalue weighted by Crippen LogP contribution is 2.17. The van der Waals surface area contributed by atoms with Crippen LogP contribution in [0.5, 0.6) is 0 Å². The maximum absolute atomic E-state index is 13.0. The third-order valence-corrected chi connectivity index (χ3v) is 4.93. The van der Waals surface area contributed by atoms with Crippen LogP contribution in [0.15, 0.2) is 23.1 Å². The molecule has 0 saturated heterocycles. The van der Waals surface area contributed by atoms with Crippen LogP contribution in [0.1, 0.15) is 25.8 Å². The third kappa shape index (κ3) is 5.20. The summed E-state index contributed by atoms with van der Waals surface area (Å²) < 4.78 is 39.7. The Bertz CT molecular complexity index is 531. The monoisotopic (exact) mass is 351 g/mol. The van der Waals surface area contributed by atoms with E-state index in [2.05, 4.69) is 34.5 Å². The van der Waals surface area contributed by atoms with E-state index in [4.69, 9.17) is 0 Å². The minimum absolute atomic E-state index is 0.0861. The Morgan fingerprint density at radius 2 is 2.00 bits per heavy atom. The molecule has 0 radical (unpaired) electrons. The molecule has 19 heavy (non-hydrogen) atoms. The molecule has 1 aromatic carbocycles. The normalized spacial score (nSPS) is 13.8. The highest BCUT2D eigenvalue weighted by Gasteiger charge is 2.18. The van der Waals surface area contributed by atoms with Gasteiger partial charge < -0.3 is 0 Å². The number of hydrogen-bond donors (Lipinski definition) is 1. The van der Waals surface area contributed by atoms with Crippen LogP contribution in [0, 0.1) is 18.7 Å². The fourth-order valence-corrected chi connectivity index (χ4v) is 4.22. The van der Waals surface area contributed by atoms with Gasteiger partial charge in [-0.1, -0.05) is 29.8 Å². The van der Waals surface area contributed by atoms with Crippen LogP contribution in [0.4, 0.5) is 4.39 Å². The lowest BCUT2D eigenvalue weighted by Crippen LogP contribution is -2.30. The molecule has 0 fully saturated rings. The van der Waals surface area contributed by atoms with Gasteiger partial charge in [-0.05, 0) is 43.0 Å². The Hall–Kier alpha value is -0.460. The number of aryl methyl sites for hydroxylation is 1. The van der Waals surface area contributed by atoms with Gasteiger partial charge in [0.25, 0.3) is 0 Å². The van der Waals surface area contributed by atoms with Crippen molar-refractivity contribution in [3.8, 4) is 0 Å². The number of alkyl halides is 1. The van der Waals surface area contributed by atoms with Gasteiger partial charge in [-0.25, -0.2) is 17.5 Å². The highest BCUT2D eigenvalue weighted by atomic mass is 79.9. The average Bonchev–Trinajstić information content (AvgIpc) is 2.25. The van der Waals surface area contributed by atoms with Gasteiger partial charge in [0.05, 0.1) is 4.90 Å². The third-order valence-electron chi connectivity index (χ3n) is 2.65. The van der Waals surface area contributed by atoms with Gasteiger partial charge in [0.15, 0.2) is 0 Å². The van der Waals surface area contributed by atoms with Crippen LogP contribution in [-0.4, -0.2) is 19.8 Å². The Morgan fingerprint density at radius 3 is 2.53 bits per heavy atom. The van der Waals surface area contributed by atoms with Gasteiger partial charge in [0, 0.05) is 11.4 Å². The van der Waals surface area contributed by atoms with Crippen molar-refractivity contribution in [3.05, 3.63) is 29.6 Å². The second kappa shape index (κ2) is 6.81. The van der Waals surface area contributed by atoms with E-state index in [9.17, 15) is 12.8 Å². The molecule has 1 N–H and O–H groups in total. The average molecular weight is 352 g/mol. The minimum Gasteiger partial charge on any atom is -0.210 e. The standard InChI is InChI=1S/C13H19BrFNO2S/c1-9(2)6-11(14)8-16-19(17,18)13-5-4-12(15)7-10(13)3/h4-5,7,9,11,16H,6,8H2,1-3H3. The van der Waals surface area contributed by atoms with Crippen LogP contribution in [0.3, 0.4) is 0 Å². The van der Waals surface area contributed by atoms with Crippen LogP contribution in [-0.2, 0) is 10.0 Å². The zero-order chi connectivity index (χ0) is 14.6. The molecule has 1 rings (SSSR count). The van der Waals surface area contributed by atoms with Crippen LogP contribution >= 0.6 is 15.9 Å². The summed E-state index contributed by atoms with van der Waals surface area (Å²) in [6.45, 7) is 6.05. The van der Waals surface area contributed by atoms with Crippen LogP contribution in [0.2, 0.25) is 0 Å². The lowest BCUT2D eigenvalue weighted by Gasteiger charge is -2.14. The maximum Gasteiger partial charge on any atom is 0.240 e. The molecule has 1 atom stereocenters. The van der Waals surface area contributed by atoms with Crippen molar-refractivity contribution in [2.24, 2.45) is 5.92 Å². The fourth-order valence-electron chi connectivity index (χ4n) is 1.79. The van der Waals surface area contributed by atoms with Gasteiger partial charge in [-0.2, -0.15) is 0 Å². The summed E-state index contributed by atoms with van der Waals surface area (Å²) >= 11 is 3.45. The van der Waals surface area contributed by atoms with E-state index < -0.39 is 15.8 Å². The first-order chi connectivity index (χ1) is 8.72. The summed E-state index contributed by atoms with van der Waals surface area (Å²) in [4.78, 5) is 0.209. The molecular formula is C13H19BrFNO2S. The summed E-state index contributed by atoms with van der Waals surface area (Å²) in [7, 11) is -3.59. The van der Waals surface area contributed by atoms with E-state index in [-0.39, 0.29) is 9.72 Å². The van der Waals surface area contributed by atoms with Gasteiger partial charge >= 0.3 is 0 Å². The topological polar surface area (TPSA) is 46.2 Å². The quantitative estimate of drug-likeness (QED) is 0.799. The number of halogens is 2. The zero-order valence-corrected chi connectivity index (χ0v) is 13.7. The molecule has 1 unspecified atom stereocenters. The summed E-state index contributed by atoms with van der Waals surface area (Å²) in [6, 6.07) is 3.66. The molecule has 3 nitrogen and oxygen atoms in total. The molecule has 0 amide bonds. The Morgan fingerprint density at radius 1 is 1.37 bits per heavy atom. The van der Waals surface area contributed by atoms with E-state index in [0.29, 0.717) is 18.0 Å². The zero-order valence-electron chi connectivity index (χ0n) is 11.3. The molecule has 0 aliphatic heterocycles. The number of rotatable bonds is 6. The Kier molecular flexibility index (Phi) is 5.95. The number of sulfonamides is 1. The minimum atomic E-state index is -3.59. The first-order valence-electron chi connectivity index (χ1n) is 6.12. The summed E-state index contributed by atoms with van der Waals surface area (Å²) in [5.74, 6) is 0.0519. The molecule has 0 aliphatic carbocycles. The number of hydrogen-bond acceptors (Lipinski definition) is 2. The summed E-state index contributed by atoms with van der Waals surface area (Å²) in [6.07, 6.45) is 0.880. The molecule has 1 aromatic rings. The second-order valence-corrected chi connectivity index (χ2v) is 8.02. The van der Waals surface area contributed by atoms with E-state index >= 15 is 0 Å². The smallest absolute Gasteiger partial charge is 0.210 e. The molecule has 0 heterocycles. The predicted molar refractivity (Wildman–Crippen MR) is 78.5 cm³/mol. The molecule has 0 aromatic heterocycles. The van der Waals surface area contributed by atoms with E-state index in [0.717, 1.165) is 12.5 Å². The lowest BCUT2D eigenvalue weighted by molar-refractivity contribution is 0.550. The molecule has 0 bridgehead atoms. The van der Waals surface area contributed by atoms with Crippen LogP contribution in [0.25, 0.3) is 0 Å². The molecular weight excluding hydrogens is 333 g/mol. The number of benzene rings is 1. The lowest BCUT2D eigenvalue weighted by atomic mass is 10.1. The SMILES string of the molecule is Cc1cc(F)ccc1S(=O)(=O)NCC(Br)CC(C)C. The van der Waals surface area contributed by atoms with Crippen molar-refractivity contribution in [2.45, 2.75) is 36.9 Å². The van der Waals surface area contributed by atoms with Gasteiger partial charge in [0.1, 0.15) is 5.82 Å². The Labute approximate surface area is 122 Å². The van der Waals surface area contributed by atoms with Crippen molar-refractivity contribution < 1.29 is 12.8 Å². The molecule has 0 saturated carbocycles. The summed E-state index contributed by atoms with van der Waals surface area (Å²) in [5, 5.41) is 0. The predicted octanol–water partition coefficient (Wildman–Crippen LogP) is 3.22. The first-order valence-corrected chi connectivity index (χ1v) is 8.52. The highest BCUT2D eigenvalue weighted by molar-refractivity contribution is 9.09. The number of nitrogens with one attached hydrogen (secondary N) is 1. The maximum atomic E-state index is 13.0. The van der Waals surface area contributed by atoms with Crippen LogP contribution < -0.4 is 4.72 Å². The van der Waals surface area contributed by atoms with Crippen molar-refractivity contribution >= 4 is 26.0 Å². The van der Waals surface area contributed by atoms with Crippen molar-refractivity contribution in [1.29, 1.82) is 0 Å².